The van der Waals surface area contributed by atoms with Gasteiger partial charge >= 0.3 is 0 Å². The fourth-order valence-electron chi connectivity index (χ4n) is 2.49. The summed E-state index contributed by atoms with van der Waals surface area (Å²) in [6.45, 7) is -0.756. The molecule has 0 aliphatic carbocycles. The second-order valence-electron chi connectivity index (χ2n) is 4.78. The van der Waals surface area contributed by atoms with Crippen LogP contribution in [0.1, 0.15) is 42.9 Å². The number of carbonyl (C=O) groups is 3. The van der Waals surface area contributed by atoms with Crippen molar-refractivity contribution in [2.24, 2.45) is 0 Å². The molecule has 1 atom stereocenters. The molecule has 1 unspecified atom stereocenters. The van der Waals surface area contributed by atoms with Crippen LogP contribution < -0.4 is 0 Å². The van der Waals surface area contributed by atoms with E-state index in [-0.39, 0.29) is 22.3 Å². The van der Waals surface area contributed by atoms with Crippen molar-refractivity contribution in [1.29, 1.82) is 0 Å². The molecule has 114 valence electrons. The van der Waals surface area contributed by atoms with Crippen molar-refractivity contribution in [3.63, 3.8) is 0 Å². The second-order valence-corrected chi connectivity index (χ2v) is 4.78. The Morgan fingerprint density at radius 1 is 1.18 bits per heavy atom. The van der Waals surface area contributed by atoms with E-state index in [0.29, 0.717) is 0 Å². The molecule has 0 aromatic heterocycles. The molecule has 1 N–H and O–H groups in total. The Kier molecular flexibility index (Phi) is 2.85. The summed E-state index contributed by atoms with van der Waals surface area (Å²) in [4.78, 5) is 51.9. The van der Waals surface area contributed by atoms with Gasteiger partial charge in [-0.25, -0.2) is 0 Å². The van der Waals surface area contributed by atoms with Gasteiger partial charge in [-0.2, -0.15) is 0 Å². The number of amides is 3. The highest BCUT2D eigenvalue weighted by Crippen LogP contribution is 2.35. The first-order valence-corrected chi connectivity index (χ1v) is 6.09. The number of fused-ring (bicyclic) bond motifs is 2. The van der Waals surface area contributed by atoms with Crippen molar-refractivity contribution in [2.45, 2.75) is 6.23 Å². The van der Waals surface area contributed by atoms with E-state index in [1.54, 1.807) is 0 Å². The molecule has 10 nitrogen and oxygen atoms in total. The molecule has 1 aromatic carbocycles. The van der Waals surface area contributed by atoms with E-state index < -0.39 is 35.8 Å². The molecule has 0 bridgehead atoms. The molecule has 0 radical (unpaired) electrons. The van der Waals surface area contributed by atoms with Crippen molar-refractivity contribution >= 4 is 17.7 Å². The highest BCUT2D eigenvalue weighted by atomic mass is 17.0. The van der Waals surface area contributed by atoms with Gasteiger partial charge in [-0.1, -0.05) is 0 Å². The van der Waals surface area contributed by atoms with Crippen LogP contribution in [0.5, 0.6) is 0 Å². The van der Waals surface area contributed by atoms with Crippen LogP contribution in [0, 0.1) is 10.1 Å². The third-order valence-corrected chi connectivity index (χ3v) is 3.63. The Balaban J connectivity index is 2.02. The lowest BCUT2D eigenvalue weighted by Crippen LogP contribution is -2.31. The molecule has 0 saturated carbocycles. The van der Waals surface area contributed by atoms with Gasteiger partial charge in [0.15, 0.2) is 13.0 Å². The average molecular weight is 307 g/mol. The lowest BCUT2D eigenvalue weighted by Gasteiger charge is -2.18. The van der Waals surface area contributed by atoms with Crippen molar-refractivity contribution in [3.8, 4) is 0 Å². The van der Waals surface area contributed by atoms with Gasteiger partial charge in [0.1, 0.15) is 0 Å². The second kappa shape index (κ2) is 4.49. The number of nitrogens with zero attached hydrogens (tertiary/aromatic N) is 3. The Hall–Kier alpha value is -3.01. The minimum atomic E-state index is -1.48. The van der Waals surface area contributed by atoms with Crippen LogP contribution >= 0.6 is 0 Å². The SMILES string of the molecule is CN1C(=O)c2cc3c(cc2C1=O)C(O)N(CO[N+](=O)[O-])C3=O. The summed E-state index contributed by atoms with van der Waals surface area (Å²) < 4.78 is 0. The molecule has 3 amide bonds. The van der Waals surface area contributed by atoms with Gasteiger partial charge in [-0.3, -0.25) is 29.0 Å². The third kappa shape index (κ3) is 1.74. The number of aliphatic hydroxyl groups excluding tert-OH is 1. The average Bonchev–Trinajstić information content (AvgIpc) is 2.84. The molecule has 2 aliphatic heterocycles. The Morgan fingerprint density at radius 2 is 1.77 bits per heavy atom. The van der Waals surface area contributed by atoms with Gasteiger partial charge in [0.05, 0.1) is 11.1 Å². The van der Waals surface area contributed by atoms with Crippen LogP contribution in [0.3, 0.4) is 0 Å². The summed E-state index contributed by atoms with van der Waals surface area (Å²) in [6, 6.07) is 2.47. The van der Waals surface area contributed by atoms with E-state index in [9.17, 15) is 29.6 Å². The fraction of sp³-hybridized carbons (Fsp3) is 0.250. The number of aliphatic hydroxyl groups is 1. The first kappa shape index (κ1) is 13.9. The third-order valence-electron chi connectivity index (χ3n) is 3.63. The highest BCUT2D eigenvalue weighted by molar-refractivity contribution is 6.22. The van der Waals surface area contributed by atoms with Crippen molar-refractivity contribution in [3.05, 3.63) is 44.5 Å². The maximum absolute atomic E-state index is 12.1. The standard InChI is InChI=1S/C12H9N3O7/c1-13-9(16)5-2-7-8(3-6(5)10(13)17)12(19)14(11(7)18)4-22-15(20)21/h2-3,11,18H,4H2,1H3. The summed E-state index contributed by atoms with van der Waals surface area (Å²) in [5.74, 6) is -1.81. The molecule has 1 aromatic rings. The molecule has 2 heterocycles. The summed E-state index contributed by atoms with van der Waals surface area (Å²) in [5, 5.41) is 19.2. The lowest BCUT2D eigenvalue weighted by molar-refractivity contribution is -0.762. The highest BCUT2D eigenvalue weighted by Gasteiger charge is 2.41. The van der Waals surface area contributed by atoms with Crippen LogP contribution in [-0.2, 0) is 4.84 Å². The first-order chi connectivity index (χ1) is 10.3. The number of rotatable bonds is 3. The number of benzene rings is 1. The number of hydrogen-bond donors (Lipinski definition) is 1. The van der Waals surface area contributed by atoms with Crippen LogP contribution in [0.15, 0.2) is 12.1 Å². The maximum atomic E-state index is 12.1. The van der Waals surface area contributed by atoms with Crippen LogP contribution in [-0.4, -0.2) is 51.5 Å². The zero-order chi connectivity index (χ0) is 16.2. The van der Waals surface area contributed by atoms with E-state index in [0.717, 1.165) is 9.80 Å². The molecule has 0 spiro atoms. The first-order valence-electron chi connectivity index (χ1n) is 6.09. The molecule has 3 rings (SSSR count). The summed E-state index contributed by atoms with van der Waals surface area (Å²) in [5.41, 5.74) is 0.251. The Labute approximate surface area is 122 Å². The molecule has 0 fully saturated rings. The Bertz CT molecular complexity index is 744. The molecule has 22 heavy (non-hydrogen) atoms. The quantitative estimate of drug-likeness (QED) is 0.453. The minimum absolute atomic E-state index is 0.00893. The van der Waals surface area contributed by atoms with E-state index in [2.05, 4.69) is 4.84 Å². The monoisotopic (exact) mass is 307 g/mol. The zero-order valence-electron chi connectivity index (χ0n) is 11.2. The lowest BCUT2D eigenvalue weighted by atomic mass is 10.0. The van der Waals surface area contributed by atoms with Gasteiger partial charge in [0.2, 0.25) is 0 Å². The fourth-order valence-corrected chi connectivity index (χ4v) is 2.49. The smallest absolute Gasteiger partial charge is 0.296 e. The zero-order valence-corrected chi connectivity index (χ0v) is 11.2. The predicted molar refractivity (Wildman–Crippen MR) is 66.9 cm³/mol. The molecular formula is C12H9N3O7. The van der Waals surface area contributed by atoms with Gasteiger partial charge in [-0.15, -0.1) is 10.1 Å². The largest absolute Gasteiger partial charge is 0.369 e. The van der Waals surface area contributed by atoms with Gasteiger partial charge in [-0.05, 0) is 12.1 Å². The summed E-state index contributed by atoms with van der Waals surface area (Å²) >= 11 is 0. The number of imide groups is 1. The normalized spacial score (nSPS) is 19.5. The van der Waals surface area contributed by atoms with Gasteiger partial charge in [0.25, 0.3) is 22.8 Å². The molecular weight excluding hydrogens is 298 g/mol. The van der Waals surface area contributed by atoms with Crippen molar-refractivity contribution in [2.75, 3.05) is 13.8 Å². The number of hydrogen-bond acceptors (Lipinski definition) is 7. The van der Waals surface area contributed by atoms with Crippen molar-refractivity contribution in [1.82, 2.24) is 9.80 Å². The topological polar surface area (TPSA) is 130 Å². The predicted octanol–water partition coefficient (Wildman–Crippen LogP) is -0.475. The van der Waals surface area contributed by atoms with Crippen LogP contribution in [0.2, 0.25) is 0 Å². The number of carbonyl (C=O) groups excluding carboxylic acids is 3. The van der Waals surface area contributed by atoms with E-state index in [4.69, 9.17) is 0 Å². The summed E-state index contributed by atoms with van der Waals surface area (Å²) in [6.07, 6.45) is -1.48. The Morgan fingerprint density at radius 3 is 2.36 bits per heavy atom. The van der Waals surface area contributed by atoms with Crippen molar-refractivity contribution < 1.29 is 29.4 Å². The molecule has 0 saturated heterocycles. The van der Waals surface area contributed by atoms with E-state index in [1.165, 1.54) is 19.2 Å². The minimum Gasteiger partial charge on any atom is -0.369 e. The summed E-state index contributed by atoms with van der Waals surface area (Å²) in [7, 11) is 1.31. The van der Waals surface area contributed by atoms with Gasteiger partial charge in [0, 0.05) is 18.2 Å². The van der Waals surface area contributed by atoms with E-state index >= 15 is 0 Å². The molecule has 2 aliphatic rings. The molecule has 10 heteroatoms. The van der Waals surface area contributed by atoms with Gasteiger partial charge < -0.3 is 5.11 Å². The van der Waals surface area contributed by atoms with Crippen LogP contribution in [0.25, 0.3) is 0 Å². The van der Waals surface area contributed by atoms with Crippen LogP contribution in [0.4, 0.5) is 0 Å². The van der Waals surface area contributed by atoms with E-state index in [1.807, 2.05) is 0 Å². The maximum Gasteiger partial charge on any atom is 0.296 e.